The number of nitrogens with one attached hydrogen (secondary N) is 1. The van der Waals surface area contributed by atoms with E-state index in [9.17, 15) is 0 Å². The quantitative estimate of drug-likeness (QED) is 0.831. The van der Waals surface area contributed by atoms with Crippen molar-refractivity contribution in [3.63, 3.8) is 0 Å². The van der Waals surface area contributed by atoms with Gasteiger partial charge < -0.3 is 9.73 Å². The molecule has 0 aliphatic heterocycles. The van der Waals surface area contributed by atoms with Crippen molar-refractivity contribution in [1.82, 2.24) is 4.98 Å². The van der Waals surface area contributed by atoms with E-state index in [1.54, 1.807) is 0 Å². The first-order valence-corrected chi connectivity index (χ1v) is 4.96. The average molecular weight is 202 g/mol. The number of aromatic nitrogens is 1. The summed E-state index contributed by atoms with van der Waals surface area (Å²) in [6, 6.07) is 7.93. The summed E-state index contributed by atoms with van der Waals surface area (Å²) < 4.78 is 5.45. The Labute approximate surface area is 89.1 Å². The van der Waals surface area contributed by atoms with Crippen LogP contribution in [0.1, 0.15) is 17.2 Å². The summed E-state index contributed by atoms with van der Waals surface area (Å²) in [6.45, 7) is 4.61. The predicted octanol–water partition coefficient (Wildman–Crippen LogP) is 2.90. The molecule has 3 heteroatoms. The smallest absolute Gasteiger partial charge is 0.123 e. The number of rotatable bonds is 3. The van der Waals surface area contributed by atoms with Gasteiger partial charge in [-0.05, 0) is 38.1 Å². The lowest BCUT2D eigenvalue weighted by Gasteiger charge is -2.03. The number of anilines is 1. The maximum absolute atomic E-state index is 5.45. The molecule has 78 valence electrons. The van der Waals surface area contributed by atoms with Crippen LogP contribution in [0.2, 0.25) is 0 Å². The van der Waals surface area contributed by atoms with Crippen LogP contribution in [0.4, 0.5) is 5.69 Å². The molecule has 2 aromatic heterocycles. The second-order valence-electron chi connectivity index (χ2n) is 3.55. The van der Waals surface area contributed by atoms with Gasteiger partial charge in [0, 0.05) is 5.69 Å². The lowest BCUT2D eigenvalue weighted by atomic mass is 10.3. The molecule has 0 unspecified atom stereocenters. The number of pyridine rings is 1. The van der Waals surface area contributed by atoms with Crippen molar-refractivity contribution in [1.29, 1.82) is 0 Å². The van der Waals surface area contributed by atoms with E-state index in [2.05, 4.69) is 10.3 Å². The van der Waals surface area contributed by atoms with Crippen LogP contribution in [-0.2, 0) is 6.54 Å². The van der Waals surface area contributed by atoms with Crippen molar-refractivity contribution >= 4 is 5.69 Å². The van der Waals surface area contributed by atoms with Crippen molar-refractivity contribution in [2.45, 2.75) is 20.4 Å². The Morgan fingerprint density at radius 2 is 2.07 bits per heavy atom. The predicted molar refractivity (Wildman–Crippen MR) is 59.7 cm³/mol. The average Bonchev–Trinajstić information content (AvgIpc) is 2.64. The van der Waals surface area contributed by atoms with E-state index in [4.69, 9.17) is 4.42 Å². The van der Waals surface area contributed by atoms with E-state index in [0.29, 0.717) is 6.54 Å². The third-order valence-electron chi connectivity index (χ3n) is 2.17. The molecule has 0 spiro atoms. The first-order chi connectivity index (χ1) is 7.24. The Kier molecular flexibility index (Phi) is 2.72. The Morgan fingerprint density at radius 3 is 2.67 bits per heavy atom. The summed E-state index contributed by atoms with van der Waals surface area (Å²) in [6.07, 6.45) is 1.82. The van der Waals surface area contributed by atoms with Gasteiger partial charge in [-0.2, -0.15) is 0 Å². The minimum atomic E-state index is 0.693. The Morgan fingerprint density at radius 1 is 1.20 bits per heavy atom. The molecule has 1 N–H and O–H groups in total. The molecular weight excluding hydrogens is 188 g/mol. The van der Waals surface area contributed by atoms with Crippen LogP contribution in [-0.4, -0.2) is 4.98 Å². The summed E-state index contributed by atoms with van der Waals surface area (Å²) in [7, 11) is 0. The SMILES string of the molecule is Cc1ccc(NCc2ccc(C)o2)cn1. The molecule has 3 nitrogen and oxygen atoms in total. The molecule has 0 bridgehead atoms. The van der Waals surface area contributed by atoms with E-state index in [0.717, 1.165) is 22.9 Å². The van der Waals surface area contributed by atoms with Crippen LogP contribution in [0, 0.1) is 13.8 Å². The molecule has 0 aliphatic carbocycles. The van der Waals surface area contributed by atoms with Crippen molar-refractivity contribution < 1.29 is 4.42 Å². The minimum Gasteiger partial charge on any atom is -0.465 e. The molecule has 2 rings (SSSR count). The zero-order valence-electron chi connectivity index (χ0n) is 8.95. The van der Waals surface area contributed by atoms with Crippen LogP contribution in [0.15, 0.2) is 34.9 Å². The number of furan rings is 1. The molecular formula is C12H14N2O. The third-order valence-corrected chi connectivity index (χ3v) is 2.17. The molecule has 2 heterocycles. The fraction of sp³-hybridized carbons (Fsp3) is 0.250. The van der Waals surface area contributed by atoms with Gasteiger partial charge in [-0.3, -0.25) is 4.98 Å². The molecule has 15 heavy (non-hydrogen) atoms. The number of hydrogen-bond donors (Lipinski definition) is 1. The molecule has 2 aromatic rings. The molecule has 0 fully saturated rings. The van der Waals surface area contributed by atoms with Gasteiger partial charge in [-0.1, -0.05) is 0 Å². The van der Waals surface area contributed by atoms with Crippen molar-refractivity contribution in [2.75, 3.05) is 5.32 Å². The van der Waals surface area contributed by atoms with Crippen molar-refractivity contribution in [2.24, 2.45) is 0 Å². The Hall–Kier alpha value is -1.77. The summed E-state index contributed by atoms with van der Waals surface area (Å²) in [5.74, 6) is 1.88. The lowest BCUT2D eigenvalue weighted by molar-refractivity contribution is 0.490. The molecule has 0 atom stereocenters. The normalized spacial score (nSPS) is 10.3. The third kappa shape index (κ3) is 2.59. The number of nitrogens with zero attached hydrogens (tertiary/aromatic N) is 1. The molecule has 0 radical (unpaired) electrons. The van der Waals surface area contributed by atoms with E-state index in [-0.39, 0.29) is 0 Å². The largest absolute Gasteiger partial charge is 0.465 e. The number of aryl methyl sites for hydroxylation is 2. The second kappa shape index (κ2) is 4.17. The van der Waals surface area contributed by atoms with Crippen LogP contribution >= 0.6 is 0 Å². The van der Waals surface area contributed by atoms with Gasteiger partial charge in [-0.25, -0.2) is 0 Å². The van der Waals surface area contributed by atoms with Gasteiger partial charge in [0.15, 0.2) is 0 Å². The topological polar surface area (TPSA) is 38.1 Å². The van der Waals surface area contributed by atoms with Crippen molar-refractivity contribution in [3.05, 3.63) is 47.7 Å². The fourth-order valence-corrected chi connectivity index (χ4v) is 1.34. The molecule has 0 saturated carbocycles. The van der Waals surface area contributed by atoms with E-state index in [1.165, 1.54) is 0 Å². The Balaban J connectivity index is 1.96. The van der Waals surface area contributed by atoms with Crippen LogP contribution in [0.5, 0.6) is 0 Å². The van der Waals surface area contributed by atoms with Gasteiger partial charge >= 0.3 is 0 Å². The zero-order valence-corrected chi connectivity index (χ0v) is 8.95. The fourth-order valence-electron chi connectivity index (χ4n) is 1.34. The van der Waals surface area contributed by atoms with E-state index < -0.39 is 0 Å². The minimum absolute atomic E-state index is 0.693. The summed E-state index contributed by atoms with van der Waals surface area (Å²) in [5, 5.41) is 3.25. The number of hydrogen-bond acceptors (Lipinski definition) is 3. The highest BCUT2D eigenvalue weighted by molar-refractivity contribution is 5.40. The molecule has 0 amide bonds. The van der Waals surface area contributed by atoms with Gasteiger partial charge in [0.05, 0.1) is 18.4 Å². The van der Waals surface area contributed by atoms with Gasteiger partial charge in [-0.15, -0.1) is 0 Å². The maximum Gasteiger partial charge on any atom is 0.123 e. The Bertz CT molecular complexity index is 431. The summed E-state index contributed by atoms with van der Waals surface area (Å²) in [5.41, 5.74) is 2.03. The van der Waals surface area contributed by atoms with Crippen LogP contribution < -0.4 is 5.32 Å². The molecule has 0 aliphatic rings. The maximum atomic E-state index is 5.45. The first kappa shape index (κ1) is 9.77. The van der Waals surface area contributed by atoms with E-state index in [1.807, 2.05) is 44.3 Å². The highest BCUT2D eigenvalue weighted by Crippen LogP contribution is 2.10. The van der Waals surface area contributed by atoms with Gasteiger partial charge in [0.2, 0.25) is 0 Å². The van der Waals surface area contributed by atoms with Crippen LogP contribution in [0.3, 0.4) is 0 Å². The molecule has 0 saturated heterocycles. The highest BCUT2D eigenvalue weighted by atomic mass is 16.3. The summed E-state index contributed by atoms with van der Waals surface area (Å²) in [4.78, 5) is 4.20. The van der Waals surface area contributed by atoms with Crippen LogP contribution in [0.25, 0.3) is 0 Å². The monoisotopic (exact) mass is 202 g/mol. The lowest BCUT2D eigenvalue weighted by Crippen LogP contribution is -1.98. The van der Waals surface area contributed by atoms with Crippen molar-refractivity contribution in [3.8, 4) is 0 Å². The standard InChI is InChI=1S/C12H14N2O/c1-9-3-5-11(7-13-9)14-8-12-6-4-10(2)15-12/h3-7,14H,8H2,1-2H3. The summed E-state index contributed by atoms with van der Waals surface area (Å²) >= 11 is 0. The van der Waals surface area contributed by atoms with Gasteiger partial charge in [0.25, 0.3) is 0 Å². The second-order valence-corrected chi connectivity index (χ2v) is 3.55. The highest BCUT2D eigenvalue weighted by Gasteiger charge is 1.98. The first-order valence-electron chi connectivity index (χ1n) is 4.96. The van der Waals surface area contributed by atoms with E-state index >= 15 is 0 Å². The van der Waals surface area contributed by atoms with Gasteiger partial charge in [0.1, 0.15) is 11.5 Å². The molecule has 0 aromatic carbocycles. The zero-order chi connectivity index (χ0) is 10.7.